The summed E-state index contributed by atoms with van der Waals surface area (Å²) in [6.45, 7) is 1.44. The number of rotatable bonds is 3. The minimum Gasteiger partial charge on any atom is -0.340 e. The van der Waals surface area contributed by atoms with Gasteiger partial charge < -0.3 is 10.2 Å². The Morgan fingerprint density at radius 1 is 1.45 bits per heavy atom. The third-order valence-electron chi connectivity index (χ3n) is 3.44. The molecule has 1 fully saturated rings. The summed E-state index contributed by atoms with van der Waals surface area (Å²) in [4.78, 5) is 13.6. The second-order valence-electron chi connectivity index (χ2n) is 5.06. The lowest BCUT2D eigenvalue weighted by molar-refractivity contribution is -0.137. The molecule has 0 bridgehead atoms. The van der Waals surface area contributed by atoms with Crippen LogP contribution in [0.3, 0.4) is 0 Å². The van der Waals surface area contributed by atoms with Crippen LogP contribution in [0.15, 0.2) is 24.3 Å². The second-order valence-corrected chi connectivity index (χ2v) is 5.06. The predicted molar refractivity (Wildman–Crippen MR) is 69.4 cm³/mol. The molecule has 6 heteroatoms. The van der Waals surface area contributed by atoms with E-state index in [9.17, 15) is 18.0 Å². The Kier molecular flexibility index (Phi) is 4.32. The molecule has 0 spiro atoms. The van der Waals surface area contributed by atoms with E-state index in [1.165, 1.54) is 17.0 Å². The quantitative estimate of drug-likeness (QED) is 0.926. The lowest BCUT2D eigenvalue weighted by Crippen LogP contribution is -2.38. The van der Waals surface area contributed by atoms with Gasteiger partial charge in [0.15, 0.2) is 0 Å². The van der Waals surface area contributed by atoms with Gasteiger partial charge in [0, 0.05) is 25.2 Å². The number of hydrogen-bond acceptors (Lipinski definition) is 2. The highest BCUT2D eigenvalue weighted by atomic mass is 19.4. The highest BCUT2D eigenvalue weighted by Crippen LogP contribution is 2.29. The van der Waals surface area contributed by atoms with Crippen molar-refractivity contribution in [1.82, 2.24) is 10.2 Å². The third-order valence-corrected chi connectivity index (χ3v) is 3.44. The maximum atomic E-state index is 12.6. The van der Waals surface area contributed by atoms with Crippen LogP contribution >= 0.6 is 0 Å². The Morgan fingerprint density at radius 2 is 2.20 bits per heavy atom. The Balaban J connectivity index is 2.08. The number of carbonyl (C=O) groups excluding carboxylic acids is 1. The largest absolute Gasteiger partial charge is 0.416 e. The standard InChI is InChI=1S/C14H17F3N2O/c1-19(9-12-6-3-7-18-12)13(20)10-4-2-5-11(8-10)14(15,16)17/h2,4-5,8,12,18H,3,6-7,9H2,1H3. The maximum absolute atomic E-state index is 12.6. The van der Waals surface area contributed by atoms with Gasteiger partial charge in [-0.2, -0.15) is 13.2 Å². The zero-order valence-electron chi connectivity index (χ0n) is 11.2. The summed E-state index contributed by atoms with van der Waals surface area (Å²) in [6.07, 6.45) is -2.38. The van der Waals surface area contributed by atoms with Gasteiger partial charge >= 0.3 is 6.18 Å². The van der Waals surface area contributed by atoms with Crippen LogP contribution in [0.2, 0.25) is 0 Å². The molecule has 1 N–H and O–H groups in total. The number of alkyl halides is 3. The van der Waals surface area contributed by atoms with Gasteiger partial charge in [0.2, 0.25) is 0 Å². The normalized spacial score (nSPS) is 19.1. The number of halogens is 3. The summed E-state index contributed by atoms with van der Waals surface area (Å²) in [6, 6.07) is 4.78. The van der Waals surface area contributed by atoms with Crippen LogP contribution in [-0.4, -0.2) is 37.0 Å². The highest BCUT2D eigenvalue weighted by Gasteiger charge is 2.31. The first-order valence-corrected chi connectivity index (χ1v) is 6.54. The molecule has 0 aliphatic carbocycles. The molecule has 1 saturated heterocycles. The number of benzene rings is 1. The summed E-state index contributed by atoms with van der Waals surface area (Å²) in [5.74, 6) is -0.384. The van der Waals surface area contributed by atoms with Crippen LogP contribution < -0.4 is 5.32 Å². The molecule has 1 heterocycles. The number of nitrogens with one attached hydrogen (secondary N) is 1. The highest BCUT2D eigenvalue weighted by molar-refractivity contribution is 5.94. The smallest absolute Gasteiger partial charge is 0.340 e. The Bertz CT molecular complexity index is 482. The zero-order chi connectivity index (χ0) is 14.8. The second kappa shape index (κ2) is 5.83. The van der Waals surface area contributed by atoms with Gasteiger partial charge in [-0.05, 0) is 37.6 Å². The average molecular weight is 286 g/mol. The fourth-order valence-electron chi connectivity index (χ4n) is 2.37. The Hall–Kier alpha value is -1.56. The van der Waals surface area contributed by atoms with Gasteiger partial charge in [0.1, 0.15) is 0 Å². The van der Waals surface area contributed by atoms with Crippen molar-refractivity contribution < 1.29 is 18.0 Å². The van der Waals surface area contributed by atoms with Crippen molar-refractivity contribution in [2.75, 3.05) is 20.1 Å². The molecule has 0 aromatic heterocycles. The minimum absolute atomic E-state index is 0.0697. The fourth-order valence-corrected chi connectivity index (χ4v) is 2.37. The van der Waals surface area contributed by atoms with E-state index in [4.69, 9.17) is 0 Å². The van der Waals surface area contributed by atoms with Crippen molar-refractivity contribution >= 4 is 5.91 Å². The van der Waals surface area contributed by atoms with E-state index in [2.05, 4.69) is 5.32 Å². The van der Waals surface area contributed by atoms with E-state index in [0.717, 1.165) is 31.5 Å². The minimum atomic E-state index is -4.43. The Labute approximate surface area is 115 Å². The number of amides is 1. The van der Waals surface area contributed by atoms with Crippen LogP contribution in [-0.2, 0) is 6.18 Å². The summed E-state index contributed by atoms with van der Waals surface area (Å²) < 4.78 is 37.9. The molecule has 2 rings (SSSR count). The molecule has 1 aromatic carbocycles. The van der Waals surface area contributed by atoms with Crippen LogP contribution in [0, 0.1) is 0 Å². The molecule has 1 unspecified atom stereocenters. The third kappa shape index (κ3) is 3.50. The van der Waals surface area contributed by atoms with Gasteiger partial charge in [-0.15, -0.1) is 0 Å². The first kappa shape index (κ1) is 14.8. The number of carbonyl (C=O) groups is 1. The van der Waals surface area contributed by atoms with E-state index in [-0.39, 0.29) is 17.5 Å². The van der Waals surface area contributed by atoms with E-state index in [0.29, 0.717) is 6.54 Å². The van der Waals surface area contributed by atoms with Gasteiger partial charge in [-0.3, -0.25) is 4.79 Å². The zero-order valence-corrected chi connectivity index (χ0v) is 11.2. The first-order valence-electron chi connectivity index (χ1n) is 6.54. The molecular formula is C14H17F3N2O. The maximum Gasteiger partial charge on any atom is 0.416 e. The van der Waals surface area contributed by atoms with Crippen molar-refractivity contribution in [2.24, 2.45) is 0 Å². The van der Waals surface area contributed by atoms with E-state index >= 15 is 0 Å². The lowest BCUT2D eigenvalue weighted by Gasteiger charge is -2.21. The Morgan fingerprint density at radius 3 is 2.80 bits per heavy atom. The van der Waals surface area contributed by atoms with Crippen molar-refractivity contribution in [3.8, 4) is 0 Å². The van der Waals surface area contributed by atoms with Gasteiger partial charge in [-0.25, -0.2) is 0 Å². The lowest BCUT2D eigenvalue weighted by atomic mass is 10.1. The molecule has 1 amide bonds. The topological polar surface area (TPSA) is 32.3 Å². The monoisotopic (exact) mass is 286 g/mol. The average Bonchev–Trinajstić information content (AvgIpc) is 2.90. The predicted octanol–water partition coefficient (Wildman–Crippen LogP) is 2.53. The molecule has 1 aromatic rings. The molecule has 1 aliphatic heterocycles. The van der Waals surface area contributed by atoms with Crippen molar-refractivity contribution in [2.45, 2.75) is 25.1 Å². The number of likely N-dealkylation sites (N-methyl/N-ethyl adjacent to an activating group) is 1. The fraction of sp³-hybridized carbons (Fsp3) is 0.500. The van der Waals surface area contributed by atoms with Crippen molar-refractivity contribution in [3.05, 3.63) is 35.4 Å². The SMILES string of the molecule is CN(CC1CCCN1)C(=O)c1cccc(C(F)(F)F)c1. The summed E-state index contributed by atoms with van der Waals surface area (Å²) >= 11 is 0. The van der Waals surface area contributed by atoms with Gasteiger partial charge in [-0.1, -0.05) is 6.07 Å². The van der Waals surface area contributed by atoms with Crippen molar-refractivity contribution in [3.63, 3.8) is 0 Å². The molecule has 1 aliphatic rings. The first-order chi connectivity index (χ1) is 9.38. The van der Waals surface area contributed by atoms with E-state index in [1.54, 1.807) is 7.05 Å². The molecule has 1 atom stereocenters. The van der Waals surface area contributed by atoms with E-state index < -0.39 is 11.7 Å². The molecule has 0 saturated carbocycles. The van der Waals surface area contributed by atoms with Crippen LogP contribution in [0.1, 0.15) is 28.8 Å². The summed E-state index contributed by atoms with van der Waals surface area (Å²) in [5.41, 5.74) is -0.726. The van der Waals surface area contributed by atoms with E-state index in [1.807, 2.05) is 0 Å². The van der Waals surface area contributed by atoms with Gasteiger partial charge in [0.05, 0.1) is 5.56 Å². The molecule has 3 nitrogen and oxygen atoms in total. The molecule has 20 heavy (non-hydrogen) atoms. The van der Waals surface area contributed by atoms with Crippen LogP contribution in [0.4, 0.5) is 13.2 Å². The summed E-state index contributed by atoms with van der Waals surface area (Å²) in [5, 5.41) is 3.26. The van der Waals surface area contributed by atoms with Crippen LogP contribution in [0.25, 0.3) is 0 Å². The van der Waals surface area contributed by atoms with Crippen LogP contribution in [0.5, 0.6) is 0 Å². The molecular weight excluding hydrogens is 269 g/mol. The van der Waals surface area contributed by atoms with Gasteiger partial charge in [0.25, 0.3) is 5.91 Å². The number of hydrogen-bond donors (Lipinski definition) is 1. The molecule has 0 radical (unpaired) electrons. The number of nitrogens with zero attached hydrogens (tertiary/aromatic N) is 1. The summed E-state index contributed by atoms with van der Waals surface area (Å²) in [7, 11) is 1.61. The van der Waals surface area contributed by atoms with Crippen molar-refractivity contribution in [1.29, 1.82) is 0 Å². The molecule has 110 valence electrons.